The molecular formula is C20H25N3O4. The zero-order chi connectivity index (χ0) is 19.1. The van der Waals surface area contributed by atoms with Crippen LogP contribution in [-0.4, -0.2) is 56.3 Å². The van der Waals surface area contributed by atoms with Crippen LogP contribution in [0.1, 0.15) is 6.42 Å². The predicted molar refractivity (Wildman–Crippen MR) is 105 cm³/mol. The lowest BCUT2D eigenvalue weighted by Crippen LogP contribution is -2.46. The summed E-state index contributed by atoms with van der Waals surface area (Å²) in [6, 6.07) is 14.4. The fourth-order valence-electron chi connectivity index (χ4n) is 3.18. The molecule has 0 unspecified atom stereocenters. The SMILES string of the molecule is COc1cccc(N2CCN(CCCOc3ccc([N+](=O)[O-])cc3)CC2)c1. The molecule has 0 atom stereocenters. The lowest BCUT2D eigenvalue weighted by molar-refractivity contribution is -0.384. The number of nitro benzene ring substituents is 1. The molecule has 0 bridgehead atoms. The van der Waals surface area contributed by atoms with E-state index in [9.17, 15) is 10.1 Å². The van der Waals surface area contributed by atoms with Gasteiger partial charge < -0.3 is 14.4 Å². The molecule has 1 aliphatic heterocycles. The Labute approximate surface area is 159 Å². The van der Waals surface area contributed by atoms with Crippen LogP contribution < -0.4 is 14.4 Å². The van der Waals surface area contributed by atoms with E-state index in [0.717, 1.165) is 44.9 Å². The van der Waals surface area contributed by atoms with E-state index in [4.69, 9.17) is 9.47 Å². The van der Waals surface area contributed by atoms with Crippen LogP contribution in [0.25, 0.3) is 0 Å². The fraction of sp³-hybridized carbons (Fsp3) is 0.400. The molecule has 7 heteroatoms. The summed E-state index contributed by atoms with van der Waals surface area (Å²) >= 11 is 0. The van der Waals surface area contributed by atoms with E-state index in [1.165, 1.54) is 17.8 Å². The number of anilines is 1. The Kier molecular flexibility index (Phi) is 6.49. The van der Waals surface area contributed by atoms with Crippen molar-refractivity contribution in [1.82, 2.24) is 4.90 Å². The highest BCUT2D eigenvalue weighted by atomic mass is 16.6. The first-order valence-corrected chi connectivity index (χ1v) is 9.14. The minimum Gasteiger partial charge on any atom is -0.497 e. The number of ether oxygens (including phenoxy) is 2. The number of methoxy groups -OCH3 is 1. The number of piperazine rings is 1. The maximum atomic E-state index is 10.6. The quantitative estimate of drug-likeness (QED) is 0.403. The summed E-state index contributed by atoms with van der Waals surface area (Å²) in [5.41, 5.74) is 1.28. The molecule has 0 radical (unpaired) electrons. The largest absolute Gasteiger partial charge is 0.497 e. The lowest BCUT2D eigenvalue weighted by atomic mass is 10.2. The van der Waals surface area contributed by atoms with Gasteiger partial charge in [-0.15, -0.1) is 0 Å². The Balaban J connectivity index is 1.36. The van der Waals surface area contributed by atoms with Crippen LogP contribution in [0, 0.1) is 10.1 Å². The number of benzene rings is 2. The monoisotopic (exact) mass is 371 g/mol. The Hall–Kier alpha value is -2.80. The van der Waals surface area contributed by atoms with Crippen molar-refractivity contribution in [1.29, 1.82) is 0 Å². The molecule has 1 aliphatic rings. The van der Waals surface area contributed by atoms with Crippen LogP contribution in [0.2, 0.25) is 0 Å². The summed E-state index contributed by atoms with van der Waals surface area (Å²) in [6.07, 6.45) is 0.927. The van der Waals surface area contributed by atoms with Crippen molar-refractivity contribution in [2.75, 3.05) is 51.3 Å². The van der Waals surface area contributed by atoms with Gasteiger partial charge in [0.25, 0.3) is 5.69 Å². The van der Waals surface area contributed by atoms with Gasteiger partial charge in [0.1, 0.15) is 11.5 Å². The standard InChI is InChI=1S/C20H25N3O4/c1-26-20-5-2-4-18(16-20)22-13-11-21(12-14-22)10-3-15-27-19-8-6-17(7-9-19)23(24)25/h2,4-9,16H,3,10-15H2,1H3. The molecule has 27 heavy (non-hydrogen) atoms. The molecule has 1 saturated heterocycles. The van der Waals surface area contributed by atoms with Crippen molar-refractivity contribution < 1.29 is 14.4 Å². The zero-order valence-corrected chi connectivity index (χ0v) is 15.5. The van der Waals surface area contributed by atoms with Gasteiger partial charge in [0.15, 0.2) is 0 Å². The average Bonchev–Trinajstić information content (AvgIpc) is 2.72. The van der Waals surface area contributed by atoms with Gasteiger partial charge in [0.05, 0.1) is 18.6 Å². The number of hydrogen-bond acceptors (Lipinski definition) is 6. The van der Waals surface area contributed by atoms with Crippen LogP contribution >= 0.6 is 0 Å². The smallest absolute Gasteiger partial charge is 0.269 e. The van der Waals surface area contributed by atoms with Crippen molar-refractivity contribution in [2.45, 2.75) is 6.42 Å². The second kappa shape index (κ2) is 9.23. The van der Waals surface area contributed by atoms with Gasteiger partial charge in [0, 0.05) is 56.6 Å². The average molecular weight is 371 g/mol. The molecule has 0 saturated carbocycles. The van der Waals surface area contributed by atoms with E-state index in [-0.39, 0.29) is 5.69 Å². The number of nitrogens with zero attached hydrogens (tertiary/aromatic N) is 3. The van der Waals surface area contributed by atoms with Crippen molar-refractivity contribution in [2.24, 2.45) is 0 Å². The molecule has 7 nitrogen and oxygen atoms in total. The molecule has 0 N–H and O–H groups in total. The van der Waals surface area contributed by atoms with E-state index < -0.39 is 4.92 Å². The third-order valence-corrected chi connectivity index (χ3v) is 4.73. The Morgan fingerprint density at radius 1 is 1.04 bits per heavy atom. The molecule has 2 aromatic rings. The topological polar surface area (TPSA) is 68.1 Å². The summed E-state index contributed by atoms with van der Waals surface area (Å²) < 4.78 is 11.0. The molecule has 144 valence electrons. The zero-order valence-electron chi connectivity index (χ0n) is 15.5. The molecule has 1 fully saturated rings. The lowest BCUT2D eigenvalue weighted by Gasteiger charge is -2.36. The van der Waals surface area contributed by atoms with Crippen molar-refractivity contribution in [3.63, 3.8) is 0 Å². The van der Waals surface area contributed by atoms with E-state index in [2.05, 4.69) is 21.9 Å². The predicted octanol–water partition coefficient (Wildman–Crippen LogP) is 3.19. The molecule has 0 aromatic heterocycles. The minimum absolute atomic E-state index is 0.0799. The van der Waals surface area contributed by atoms with Gasteiger partial charge in [-0.1, -0.05) is 6.07 Å². The van der Waals surface area contributed by atoms with Crippen LogP contribution in [0.4, 0.5) is 11.4 Å². The molecule has 2 aromatic carbocycles. The first-order chi connectivity index (χ1) is 13.2. The molecule has 0 amide bonds. The van der Waals surface area contributed by atoms with Crippen LogP contribution in [0.3, 0.4) is 0 Å². The molecule has 3 rings (SSSR count). The Morgan fingerprint density at radius 2 is 1.78 bits per heavy atom. The van der Waals surface area contributed by atoms with Crippen molar-refractivity contribution in [3.05, 3.63) is 58.6 Å². The first-order valence-electron chi connectivity index (χ1n) is 9.14. The van der Waals surface area contributed by atoms with Gasteiger partial charge in [-0.25, -0.2) is 0 Å². The Morgan fingerprint density at radius 3 is 2.44 bits per heavy atom. The maximum Gasteiger partial charge on any atom is 0.269 e. The maximum absolute atomic E-state index is 10.6. The van der Waals surface area contributed by atoms with Crippen LogP contribution in [0.15, 0.2) is 48.5 Å². The van der Waals surface area contributed by atoms with Gasteiger partial charge in [0.2, 0.25) is 0 Å². The van der Waals surface area contributed by atoms with Gasteiger partial charge in [-0.2, -0.15) is 0 Å². The summed E-state index contributed by atoms with van der Waals surface area (Å²) in [5.74, 6) is 1.56. The summed E-state index contributed by atoms with van der Waals surface area (Å²) in [7, 11) is 1.69. The number of rotatable bonds is 8. The highest BCUT2D eigenvalue weighted by molar-refractivity contribution is 5.51. The third kappa shape index (κ3) is 5.34. The first kappa shape index (κ1) is 19.0. The fourth-order valence-corrected chi connectivity index (χ4v) is 3.18. The van der Waals surface area contributed by atoms with Crippen LogP contribution in [-0.2, 0) is 0 Å². The molecule has 1 heterocycles. The minimum atomic E-state index is -0.408. The summed E-state index contributed by atoms with van der Waals surface area (Å²) in [4.78, 5) is 15.1. The number of non-ortho nitro benzene ring substituents is 1. The normalized spacial score (nSPS) is 14.8. The second-order valence-electron chi connectivity index (χ2n) is 6.48. The summed E-state index contributed by atoms with van der Waals surface area (Å²) in [5, 5.41) is 10.6. The van der Waals surface area contributed by atoms with E-state index in [1.807, 2.05) is 12.1 Å². The van der Waals surface area contributed by atoms with Gasteiger partial charge in [-0.3, -0.25) is 15.0 Å². The molecule has 0 spiro atoms. The number of hydrogen-bond donors (Lipinski definition) is 0. The van der Waals surface area contributed by atoms with Crippen molar-refractivity contribution in [3.8, 4) is 11.5 Å². The van der Waals surface area contributed by atoms with E-state index in [1.54, 1.807) is 19.2 Å². The van der Waals surface area contributed by atoms with Gasteiger partial charge in [-0.05, 0) is 30.7 Å². The third-order valence-electron chi connectivity index (χ3n) is 4.73. The van der Waals surface area contributed by atoms with E-state index in [0.29, 0.717) is 12.4 Å². The second-order valence-corrected chi connectivity index (χ2v) is 6.48. The highest BCUT2D eigenvalue weighted by Gasteiger charge is 2.17. The van der Waals surface area contributed by atoms with Crippen LogP contribution in [0.5, 0.6) is 11.5 Å². The summed E-state index contributed by atoms with van der Waals surface area (Å²) in [6.45, 7) is 5.63. The number of nitro groups is 1. The Bertz CT molecular complexity index is 743. The molecule has 0 aliphatic carbocycles. The van der Waals surface area contributed by atoms with Gasteiger partial charge >= 0.3 is 0 Å². The van der Waals surface area contributed by atoms with E-state index >= 15 is 0 Å². The molecular weight excluding hydrogens is 346 g/mol. The highest BCUT2D eigenvalue weighted by Crippen LogP contribution is 2.22. The van der Waals surface area contributed by atoms with Crippen molar-refractivity contribution >= 4 is 11.4 Å².